The second-order valence-corrected chi connectivity index (χ2v) is 14.4. The molecule has 2 heteroatoms. The lowest BCUT2D eigenvalue weighted by Gasteiger charge is -2.72. The highest BCUT2D eigenvalue weighted by molar-refractivity contribution is 5.62. The lowest BCUT2D eigenvalue weighted by atomic mass is 9.32. The first-order valence-corrected chi connectivity index (χ1v) is 13.7. The van der Waals surface area contributed by atoms with Crippen molar-refractivity contribution in [3.8, 4) is 0 Å². The van der Waals surface area contributed by atoms with Crippen LogP contribution in [-0.2, 0) is 4.79 Å². The van der Waals surface area contributed by atoms with E-state index in [4.69, 9.17) is 0 Å². The van der Waals surface area contributed by atoms with Gasteiger partial charge >= 0.3 is 0 Å². The number of fused-ring (bicyclic) bond motifs is 7. The second-order valence-electron chi connectivity index (χ2n) is 14.4. The van der Waals surface area contributed by atoms with Crippen LogP contribution in [0.5, 0.6) is 0 Å². The largest absolute Gasteiger partial charge is 0.393 e. The van der Waals surface area contributed by atoms with Gasteiger partial charge in [0.2, 0.25) is 0 Å². The molecule has 32 heavy (non-hydrogen) atoms. The molecular formula is C30H48O2. The number of aldehydes is 1. The summed E-state index contributed by atoms with van der Waals surface area (Å²) in [5.74, 6) is 3.03. The molecule has 10 atom stereocenters. The van der Waals surface area contributed by atoms with E-state index in [1.165, 1.54) is 50.4 Å². The summed E-state index contributed by atoms with van der Waals surface area (Å²) in [5.41, 5.74) is 2.20. The van der Waals surface area contributed by atoms with Gasteiger partial charge in [-0.2, -0.15) is 0 Å². The monoisotopic (exact) mass is 440 g/mol. The summed E-state index contributed by atoms with van der Waals surface area (Å²) < 4.78 is 0. The highest BCUT2D eigenvalue weighted by Gasteiger charge is 2.70. The quantitative estimate of drug-likeness (QED) is 0.364. The number of carbonyl (C=O) groups is 1. The third-order valence-electron chi connectivity index (χ3n) is 13.3. The predicted molar refractivity (Wildman–Crippen MR) is 131 cm³/mol. The van der Waals surface area contributed by atoms with Gasteiger partial charge < -0.3 is 9.90 Å². The molecule has 5 rings (SSSR count). The van der Waals surface area contributed by atoms with E-state index in [1.54, 1.807) is 0 Å². The van der Waals surface area contributed by atoms with E-state index in [2.05, 4.69) is 48.1 Å². The molecule has 2 nitrogen and oxygen atoms in total. The van der Waals surface area contributed by atoms with E-state index in [1.807, 2.05) is 0 Å². The molecule has 0 aromatic heterocycles. The molecule has 5 aliphatic carbocycles. The van der Waals surface area contributed by atoms with E-state index in [-0.39, 0.29) is 16.9 Å². The van der Waals surface area contributed by atoms with E-state index >= 15 is 0 Å². The molecule has 0 aromatic carbocycles. The van der Waals surface area contributed by atoms with Crippen molar-refractivity contribution in [3.05, 3.63) is 12.2 Å². The minimum absolute atomic E-state index is 0.0157. The molecule has 0 aliphatic heterocycles. The Morgan fingerprint density at radius 2 is 1.56 bits per heavy atom. The molecule has 180 valence electrons. The van der Waals surface area contributed by atoms with Crippen LogP contribution in [0.2, 0.25) is 0 Å². The van der Waals surface area contributed by atoms with Crippen molar-refractivity contribution in [1.82, 2.24) is 0 Å². The Bertz CT molecular complexity index is 814. The third-order valence-corrected chi connectivity index (χ3v) is 13.3. The van der Waals surface area contributed by atoms with Gasteiger partial charge in [-0.05, 0) is 122 Å². The molecule has 5 saturated carbocycles. The van der Waals surface area contributed by atoms with E-state index in [9.17, 15) is 9.90 Å². The normalized spacial score (nSPS) is 56.3. The summed E-state index contributed by atoms with van der Waals surface area (Å²) in [4.78, 5) is 12.6. The molecule has 0 heterocycles. The maximum Gasteiger partial charge on any atom is 0.126 e. The minimum Gasteiger partial charge on any atom is -0.393 e. The lowest BCUT2D eigenvalue weighted by Crippen LogP contribution is -2.66. The number of aliphatic hydroxyl groups excluding tert-OH is 1. The molecule has 5 aliphatic rings. The summed E-state index contributed by atoms with van der Waals surface area (Å²) in [6, 6.07) is 0. The lowest BCUT2D eigenvalue weighted by molar-refractivity contribution is -0.245. The maximum atomic E-state index is 12.6. The first kappa shape index (κ1) is 23.1. The molecule has 0 amide bonds. The van der Waals surface area contributed by atoms with Gasteiger partial charge in [0.25, 0.3) is 0 Å². The Balaban J connectivity index is 1.56. The van der Waals surface area contributed by atoms with Crippen molar-refractivity contribution < 1.29 is 9.90 Å². The zero-order valence-corrected chi connectivity index (χ0v) is 21.7. The molecular weight excluding hydrogens is 392 g/mol. The van der Waals surface area contributed by atoms with Crippen LogP contribution in [0.25, 0.3) is 0 Å². The first-order valence-electron chi connectivity index (χ1n) is 13.7. The number of hydrogen-bond donors (Lipinski definition) is 1. The summed E-state index contributed by atoms with van der Waals surface area (Å²) >= 11 is 0. The molecule has 0 radical (unpaired) electrons. The van der Waals surface area contributed by atoms with Gasteiger partial charge in [0.05, 0.1) is 6.10 Å². The van der Waals surface area contributed by atoms with Crippen LogP contribution >= 0.6 is 0 Å². The van der Waals surface area contributed by atoms with Crippen molar-refractivity contribution in [2.75, 3.05) is 0 Å². The number of allylic oxidation sites excluding steroid dienone is 1. The Morgan fingerprint density at radius 3 is 2.22 bits per heavy atom. The average molecular weight is 441 g/mol. The van der Waals surface area contributed by atoms with Gasteiger partial charge in [-0.25, -0.2) is 0 Å². The summed E-state index contributed by atoms with van der Waals surface area (Å²) in [6.07, 6.45) is 13.1. The van der Waals surface area contributed by atoms with Crippen LogP contribution in [-0.4, -0.2) is 17.5 Å². The highest BCUT2D eigenvalue weighted by atomic mass is 16.3. The van der Waals surface area contributed by atoms with E-state index < -0.39 is 0 Å². The second kappa shape index (κ2) is 6.96. The predicted octanol–water partition coefficient (Wildman–Crippen LogP) is 7.20. The third kappa shape index (κ3) is 2.60. The molecule has 1 N–H and O–H groups in total. The Hall–Kier alpha value is -0.630. The number of aliphatic hydroxyl groups is 1. The van der Waals surface area contributed by atoms with Gasteiger partial charge in [0, 0.05) is 5.41 Å². The Labute approximate surface area is 197 Å². The first-order chi connectivity index (χ1) is 14.9. The van der Waals surface area contributed by atoms with Gasteiger partial charge in [0.1, 0.15) is 6.29 Å². The highest BCUT2D eigenvalue weighted by Crippen LogP contribution is 2.77. The number of rotatable bonds is 2. The van der Waals surface area contributed by atoms with Gasteiger partial charge in [-0.15, -0.1) is 0 Å². The zero-order chi connectivity index (χ0) is 23.3. The Morgan fingerprint density at radius 1 is 0.844 bits per heavy atom. The van der Waals surface area contributed by atoms with Crippen LogP contribution in [0.15, 0.2) is 12.2 Å². The maximum absolute atomic E-state index is 12.6. The average Bonchev–Trinajstić information content (AvgIpc) is 3.12. The van der Waals surface area contributed by atoms with Gasteiger partial charge in [-0.3, -0.25) is 0 Å². The molecule has 0 spiro atoms. The zero-order valence-electron chi connectivity index (χ0n) is 21.7. The summed E-state index contributed by atoms with van der Waals surface area (Å²) in [5, 5.41) is 10.9. The van der Waals surface area contributed by atoms with Crippen LogP contribution in [0, 0.1) is 56.7 Å². The van der Waals surface area contributed by atoms with Gasteiger partial charge in [-0.1, -0.05) is 46.8 Å². The molecule has 0 saturated heterocycles. The SMILES string of the molecule is C=C(C)[C@@H]1CC[C@]2(C=O)CC[C@]3(C)C(CCC4C5(C)CC[C@H](O)C(C)(C)C5CC[C@]43C)C12. The fourth-order valence-electron chi connectivity index (χ4n) is 11.4. The van der Waals surface area contributed by atoms with Gasteiger partial charge in [0.15, 0.2) is 0 Å². The minimum atomic E-state index is -0.158. The van der Waals surface area contributed by atoms with Crippen molar-refractivity contribution in [3.63, 3.8) is 0 Å². The smallest absolute Gasteiger partial charge is 0.126 e. The van der Waals surface area contributed by atoms with Crippen LogP contribution in [0.1, 0.15) is 106 Å². The van der Waals surface area contributed by atoms with Crippen LogP contribution in [0.4, 0.5) is 0 Å². The van der Waals surface area contributed by atoms with Crippen molar-refractivity contribution in [2.24, 2.45) is 56.7 Å². The number of hydrogen-bond acceptors (Lipinski definition) is 2. The molecule has 0 bridgehead atoms. The fourth-order valence-corrected chi connectivity index (χ4v) is 11.4. The standard InChI is InChI=1S/C30H48O2/c1-19(2)20-10-15-30(18-31)17-16-28(6)21(25(20)30)8-9-23-27(5)13-12-24(32)26(3,4)22(27)11-14-29(23,28)7/h18,20-25,32H,1,8-17H2,2-7H3/t20-,21?,22?,23?,24-,25?,27?,28+,29+,30+/m0/s1. The van der Waals surface area contributed by atoms with E-state index in [0.29, 0.717) is 39.9 Å². The topological polar surface area (TPSA) is 37.3 Å². The summed E-state index contributed by atoms with van der Waals surface area (Å²) in [6.45, 7) is 19.2. The van der Waals surface area contributed by atoms with Crippen molar-refractivity contribution in [1.29, 1.82) is 0 Å². The molecule has 5 fully saturated rings. The van der Waals surface area contributed by atoms with Crippen molar-refractivity contribution >= 4 is 6.29 Å². The van der Waals surface area contributed by atoms with Crippen LogP contribution in [0.3, 0.4) is 0 Å². The molecule has 0 aromatic rings. The summed E-state index contributed by atoms with van der Waals surface area (Å²) in [7, 11) is 0. The number of carbonyl (C=O) groups excluding carboxylic acids is 1. The van der Waals surface area contributed by atoms with Crippen LogP contribution < -0.4 is 0 Å². The Kier molecular flexibility index (Phi) is 5.03. The fraction of sp³-hybridized carbons (Fsp3) is 0.900. The molecule has 5 unspecified atom stereocenters. The van der Waals surface area contributed by atoms with E-state index in [0.717, 1.165) is 31.6 Å². The van der Waals surface area contributed by atoms with Crippen molar-refractivity contribution in [2.45, 2.75) is 112 Å².